The Morgan fingerprint density at radius 2 is 2.46 bits per heavy atom. The number of rotatable bonds is 5. The van der Waals surface area contributed by atoms with Crippen molar-refractivity contribution in [1.82, 2.24) is 0 Å². The zero-order chi connectivity index (χ0) is 9.52. The van der Waals surface area contributed by atoms with Crippen LogP contribution in [-0.4, -0.2) is 32.5 Å². The Balaban J connectivity index is 2.09. The van der Waals surface area contributed by atoms with Crippen molar-refractivity contribution in [2.75, 3.05) is 26.4 Å². The topological polar surface area (TPSA) is 44.5 Å². The quantitative estimate of drug-likeness (QED) is 0.657. The third-order valence-corrected chi connectivity index (χ3v) is 2.46. The van der Waals surface area contributed by atoms with Gasteiger partial charge < -0.3 is 15.2 Å². The smallest absolute Gasteiger partial charge is 0.0621 e. The molecule has 1 aliphatic heterocycles. The van der Waals surface area contributed by atoms with Crippen molar-refractivity contribution in [2.45, 2.75) is 32.2 Å². The van der Waals surface area contributed by atoms with Gasteiger partial charge in [-0.2, -0.15) is 0 Å². The average Bonchev–Trinajstić information content (AvgIpc) is 2.19. The molecule has 0 aromatic carbocycles. The molecule has 1 rings (SSSR count). The van der Waals surface area contributed by atoms with Crippen LogP contribution in [-0.2, 0) is 9.47 Å². The van der Waals surface area contributed by atoms with Crippen molar-refractivity contribution in [3.05, 3.63) is 0 Å². The highest BCUT2D eigenvalue weighted by atomic mass is 16.5. The molecular formula is C10H21NO2. The Bertz CT molecular complexity index is 124. The van der Waals surface area contributed by atoms with Gasteiger partial charge in [-0.25, -0.2) is 0 Å². The highest BCUT2D eigenvalue weighted by molar-refractivity contribution is 4.74. The Hall–Kier alpha value is -0.120. The Morgan fingerprint density at radius 1 is 1.62 bits per heavy atom. The molecule has 1 heterocycles. The van der Waals surface area contributed by atoms with Crippen LogP contribution in [0.4, 0.5) is 0 Å². The summed E-state index contributed by atoms with van der Waals surface area (Å²) >= 11 is 0. The molecule has 2 unspecified atom stereocenters. The molecule has 0 spiro atoms. The van der Waals surface area contributed by atoms with E-state index in [4.69, 9.17) is 15.2 Å². The summed E-state index contributed by atoms with van der Waals surface area (Å²) in [5.74, 6) is 0.505. The molecule has 0 aliphatic carbocycles. The van der Waals surface area contributed by atoms with Gasteiger partial charge >= 0.3 is 0 Å². The molecule has 0 radical (unpaired) electrons. The van der Waals surface area contributed by atoms with Crippen LogP contribution in [0.15, 0.2) is 0 Å². The second-order valence-corrected chi connectivity index (χ2v) is 3.72. The molecule has 3 nitrogen and oxygen atoms in total. The fraction of sp³-hybridized carbons (Fsp3) is 1.00. The lowest BCUT2D eigenvalue weighted by Crippen LogP contribution is -2.39. The van der Waals surface area contributed by atoms with Gasteiger partial charge in [-0.05, 0) is 25.2 Å². The number of ether oxygens (including phenoxy) is 2. The summed E-state index contributed by atoms with van der Waals surface area (Å²) in [5.41, 5.74) is 5.98. The molecule has 1 saturated heterocycles. The first-order chi connectivity index (χ1) is 6.34. The van der Waals surface area contributed by atoms with Gasteiger partial charge in [0.1, 0.15) is 0 Å². The lowest BCUT2D eigenvalue weighted by Gasteiger charge is -2.27. The van der Waals surface area contributed by atoms with E-state index >= 15 is 0 Å². The molecule has 1 fully saturated rings. The van der Waals surface area contributed by atoms with Gasteiger partial charge in [-0.15, -0.1) is 0 Å². The molecule has 78 valence electrons. The largest absolute Gasteiger partial charge is 0.381 e. The van der Waals surface area contributed by atoms with Crippen LogP contribution in [0, 0.1) is 5.92 Å². The normalized spacial score (nSPS) is 25.8. The molecular weight excluding hydrogens is 166 g/mol. The third kappa shape index (κ3) is 4.07. The third-order valence-electron chi connectivity index (χ3n) is 2.46. The fourth-order valence-electron chi connectivity index (χ4n) is 1.60. The van der Waals surface area contributed by atoms with Crippen LogP contribution in [0.2, 0.25) is 0 Å². The summed E-state index contributed by atoms with van der Waals surface area (Å²) in [5, 5.41) is 0. The first-order valence-electron chi connectivity index (χ1n) is 5.25. The Morgan fingerprint density at radius 3 is 3.08 bits per heavy atom. The number of nitrogens with two attached hydrogens (primary N) is 1. The number of hydrogen-bond acceptors (Lipinski definition) is 3. The fourth-order valence-corrected chi connectivity index (χ4v) is 1.60. The molecule has 2 N–H and O–H groups in total. The predicted octanol–water partition coefficient (Wildman–Crippen LogP) is 1.17. The van der Waals surface area contributed by atoms with Crippen LogP contribution in [0.5, 0.6) is 0 Å². The lowest BCUT2D eigenvalue weighted by atomic mass is 9.95. The van der Waals surface area contributed by atoms with E-state index in [1.54, 1.807) is 0 Å². The first-order valence-corrected chi connectivity index (χ1v) is 5.25. The second kappa shape index (κ2) is 6.35. The summed E-state index contributed by atoms with van der Waals surface area (Å²) in [6, 6.07) is 0.159. The van der Waals surface area contributed by atoms with Crippen molar-refractivity contribution < 1.29 is 9.47 Å². The lowest BCUT2D eigenvalue weighted by molar-refractivity contribution is 0.0233. The molecule has 2 atom stereocenters. The van der Waals surface area contributed by atoms with Gasteiger partial charge in [0, 0.05) is 19.3 Å². The highest BCUT2D eigenvalue weighted by Gasteiger charge is 2.20. The summed E-state index contributed by atoms with van der Waals surface area (Å²) in [6.07, 6.45) is 3.40. The van der Waals surface area contributed by atoms with Gasteiger partial charge in [0.25, 0.3) is 0 Å². The summed E-state index contributed by atoms with van der Waals surface area (Å²) in [6.45, 7) is 5.33. The molecule has 0 bridgehead atoms. The van der Waals surface area contributed by atoms with Crippen LogP contribution < -0.4 is 5.73 Å². The van der Waals surface area contributed by atoms with Gasteiger partial charge in [-0.3, -0.25) is 0 Å². The van der Waals surface area contributed by atoms with Gasteiger partial charge in [0.05, 0.1) is 13.2 Å². The van der Waals surface area contributed by atoms with Crippen LogP contribution >= 0.6 is 0 Å². The summed E-state index contributed by atoms with van der Waals surface area (Å²) < 4.78 is 10.8. The SMILES string of the molecule is CCCOCC(N)C1CCCOC1. The van der Waals surface area contributed by atoms with Gasteiger partial charge in [0.15, 0.2) is 0 Å². The molecule has 0 saturated carbocycles. The molecule has 0 aromatic heterocycles. The maximum absolute atomic E-state index is 5.98. The maximum Gasteiger partial charge on any atom is 0.0621 e. The van der Waals surface area contributed by atoms with Crippen molar-refractivity contribution in [3.63, 3.8) is 0 Å². The minimum Gasteiger partial charge on any atom is -0.381 e. The maximum atomic E-state index is 5.98. The van der Waals surface area contributed by atoms with Crippen molar-refractivity contribution >= 4 is 0 Å². The first kappa shape index (κ1) is 11.0. The van der Waals surface area contributed by atoms with E-state index in [1.807, 2.05) is 0 Å². The average molecular weight is 187 g/mol. The van der Waals surface area contributed by atoms with E-state index in [-0.39, 0.29) is 6.04 Å². The molecule has 1 aliphatic rings. The monoisotopic (exact) mass is 187 g/mol. The van der Waals surface area contributed by atoms with Crippen LogP contribution in [0.1, 0.15) is 26.2 Å². The van der Waals surface area contributed by atoms with Crippen molar-refractivity contribution in [3.8, 4) is 0 Å². The Kier molecular flexibility index (Phi) is 5.35. The van der Waals surface area contributed by atoms with Gasteiger partial charge in [-0.1, -0.05) is 6.92 Å². The number of hydrogen-bond donors (Lipinski definition) is 1. The second-order valence-electron chi connectivity index (χ2n) is 3.72. The van der Waals surface area contributed by atoms with E-state index in [0.29, 0.717) is 12.5 Å². The summed E-state index contributed by atoms with van der Waals surface area (Å²) in [4.78, 5) is 0. The molecule has 13 heavy (non-hydrogen) atoms. The van der Waals surface area contributed by atoms with E-state index < -0.39 is 0 Å². The van der Waals surface area contributed by atoms with Crippen molar-refractivity contribution in [1.29, 1.82) is 0 Å². The van der Waals surface area contributed by atoms with E-state index in [1.165, 1.54) is 6.42 Å². The molecule has 3 heteroatoms. The van der Waals surface area contributed by atoms with Crippen LogP contribution in [0.3, 0.4) is 0 Å². The summed E-state index contributed by atoms with van der Waals surface area (Å²) in [7, 11) is 0. The highest BCUT2D eigenvalue weighted by Crippen LogP contribution is 2.16. The minimum absolute atomic E-state index is 0.159. The van der Waals surface area contributed by atoms with E-state index in [2.05, 4.69) is 6.92 Å². The zero-order valence-corrected chi connectivity index (χ0v) is 8.50. The zero-order valence-electron chi connectivity index (χ0n) is 8.50. The van der Waals surface area contributed by atoms with E-state index in [9.17, 15) is 0 Å². The van der Waals surface area contributed by atoms with Crippen LogP contribution in [0.25, 0.3) is 0 Å². The standard InChI is InChI=1S/C10H21NO2/c1-2-5-12-8-10(11)9-4-3-6-13-7-9/h9-10H,2-8,11H2,1H3. The molecule has 0 aromatic rings. The Labute approximate surface area is 80.6 Å². The molecule has 0 amide bonds. The van der Waals surface area contributed by atoms with Gasteiger partial charge in [0.2, 0.25) is 0 Å². The predicted molar refractivity (Wildman–Crippen MR) is 52.6 cm³/mol. The van der Waals surface area contributed by atoms with E-state index in [0.717, 1.165) is 32.7 Å². The minimum atomic E-state index is 0.159. The van der Waals surface area contributed by atoms with Crippen molar-refractivity contribution in [2.24, 2.45) is 11.7 Å².